The van der Waals surface area contributed by atoms with Crippen LogP contribution in [-0.4, -0.2) is 43.2 Å². The molecule has 0 spiro atoms. The van der Waals surface area contributed by atoms with E-state index in [4.69, 9.17) is 0 Å². The van der Waals surface area contributed by atoms with Crippen LogP contribution in [0, 0.1) is 0 Å². The van der Waals surface area contributed by atoms with Gasteiger partial charge in [-0.1, -0.05) is 53.2 Å². The first-order valence-electron chi connectivity index (χ1n) is 10.6. The van der Waals surface area contributed by atoms with E-state index in [0.717, 1.165) is 22.0 Å². The number of hydrogen-bond donors (Lipinski definition) is 0. The third-order valence-electron chi connectivity index (χ3n) is 5.64. The van der Waals surface area contributed by atoms with Crippen molar-refractivity contribution < 1.29 is 13.2 Å². The molecule has 0 radical (unpaired) electrons. The van der Waals surface area contributed by atoms with E-state index in [0.29, 0.717) is 13.0 Å². The molecule has 8 heteroatoms. The topological polar surface area (TPSA) is 57.7 Å². The summed E-state index contributed by atoms with van der Waals surface area (Å²) in [5.74, 6) is -0.176. The maximum Gasteiger partial charge on any atom is 0.243 e. The second-order valence-electron chi connectivity index (χ2n) is 7.74. The summed E-state index contributed by atoms with van der Waals surface area (Å²) in [7, 11) is -3.78. The van der Waals surface area contributed by atoms with E-state index < -0.39 is 10.0 Å². The zero-order chi connectivity index (χ0) is 22.7. The molecule has 2 aromatic carbocycles. The minimum absolute atomic E-state index is 0.172. The van der Waals surface area contributed by atoms with Gasteiger partial charge in [-0.25, -0.2) is 8.42 Å². The second-order valence-corrected chi connectivity index (χ2v) is 11.6. The highest BCUT2D eigenvalue weighted by atomic mass is 79.9. The lowest BCUT2D eigenvalue weighted by Gasteiger charge is -2.37. The molecule has 0 bridgehead atoms. The first-order chi connectivity index (χ1) is 15.4. The van der Waals surface area contributed by atoms with Crippen LogP contribution in [-0.2, 0) is 21.2 Å². The smallest absolute Gasteiger partial charge is 0.243 e. The Kier molecular flexibility index (Phi) is 7.14. The van der Waals surface area contributed by atoms with Crippen LogP contribution in [0.2, 0.25) is 0 Å². The van der Waals surface area contributed by atoms with Crippen LogP contribution in [0.3, 0.4) is 0 Å². The molecular weight excluding hydrogens is 508 g/mol. The lowest BCUT2D eigenvalue weighted by atomic mass is 9.93. The number of hydrogen-bond acceptors (Lipinski definition) is 4. The van der Waals surface area contributed by atoms with Crippen LogP contribution >= 0.6 is 27.3 Å². The van der Waals surface area contributed by atoms with Gasteiger partial charge in [0.2, 0.25) is 15.9 Å². The molecule has 0 N–H and O–H groups in total. The highest BCUT2D eigenvalue weighted by molar-refractivity contribution is 9.10. The highest BCUT2D eigenvalue weighted by Crippen LogP contribution is 2.38. The number of amides is 1. The van der Waals surface area contributed by atoms with Crippen LogP contribution in [0.15, 0.2) is 75.4 Å². The maximum atomic E-state index is 13.5. The zero-order valence-corrected chi connectivity index (χ0v) is 21.0. The monoisotopic (exact) mass is 532 g/mol. The quantitative estimate of drug-likeness (QED) is 0.426. The van der Waals surface area contributed by atoms with Gasteiger partial charge >= 0.3 is 0 Å². The molecule has 4 rings (SSSR count). The molecule has 0 fully saturated rings. The summed E-state index contributed by atoms with van der Waals surface area (Å²) < 4.78 is 28.7. The van der Waals surface area contributed by atoms with Gasteiger partial charge in [-0.3, -0.25) is 4.79 Å². The molecule has 0 saturated heterocycles. The molecule has 0 aliphatic carbocycles. The zero-order valence-electron chi connectivity index (χ0n) is 17.8. The van der Waals surface area contributed by atoms with E-state index in [1.165, 1.54) is 9.18 Å². The molecule has 1 aliphatic rings. The molecule has 5 nitrogen and oxygen atoms in total. The molecule has 3 aromatic rings. The van der Waals surface area contributed by atoms with Crippen LogP contribution in [0.4, 0.5) is 0 Å². The standard InChI is InChI=1S/C24H25BrN2O3S2/c1-2-14-26(32(29,30)20-10-8-19(25)9-11-20)17-23(28)27-15-12-22-21(13-16-31-22)24(27)18-6-4-3-5-7-18/h3-11,13,16,24H,2,12,14-15,17H2,1H3. The van der Waals surface area contributed by atoms with Gasteiger partial charge in [0.15, 0.2) is 0 Å². The largest absolute Gasteiger partial charge is 0.330 e. The molecule has 1 aromatic heterocycles. The van der Waals surface area contributed by atoms with Gasteiger partial charge in [-0.05, 0) is 59.7 Å². The summed E-state index contributed by atoms with van der Waals surface area (Å²) in [4.78, 5) is 16.9. The highest BCUT2D eigenvalue weighted by Gasteiger charge is 2.35. The predicted octanol–water partition coefficient (Wildman–Crippen LogP) is 5.09. The lowest BCUT2D eigenvalue weighted by molar-refractivity contribution is -0.133. The van der Waals surface area contributed by atoms with Crippen LogP contribution in [0.25, 0.3) is 0 Å². The summed E-state index contributed by atoms with van der Waals surface area (Å²) in [6.45, 7) is 2.61. The van der Waals surface area contributed by atoms with E-state index >= 15 is 0 Å². The second kappa shape index (κ2) is 9.87. The first-order valence-corrected chi connectivity index (χ1v) is 13.7. The van der Waals surface area contributed by atoms with Gasteiger partial charge in [-0.15, -0.1) is 11.3 Å². The Morgan fingerprint density at radius 2 is 1.84 bits per heavy atom. The van der Waals surface area contributed by atoms with Crippen molar-refractivity contribution in [3.63, 3.8) is 0 Å². The molecule has 1 aliphatic heterocycles. The Morgan fingerprint density at radius 3 is 2.53 bits per heavy atom. The fourth-order valence-electron chi connectivity index (χ4n) is 4.11. The van der Waals surface area contributed by atoms with E-state index in [2.05, 4.69) is 27.4 Å². The van der Waals surface area contributed by atoms with Crippen LogP contribution < -0.4 is 0 Å². The summed E-state index contributed by atoms with van der Waals surface area (Å²) in [5, 5.41) is 2.07. The van der Waals surface area contributed by atoms with E-state index in [1.807, 2.05) is 42.2 Å². The summed E-state index contributed by atoms with van der Waals surface area (Å²) in [5.41, 5.74) is 2.18. The van der Waals surface area contributed by atoms with Gasteiger partial charge in [0.25, 0.3) is 0 Å². The van der Waals surface area contributed by atoms with Gasteiger partial charge in [0.05, 0.1) is 17.5 Å². The number of benzene rings is 2. The van der Waals surface area contributed by atoms with E-state index in [-0.39, 0.29) is 29.9 Å². The number of thiophene rings is 1. The van der Waals surface area contributed by atoms with Crippen molar-refractivity contribution in [3.05, 3.63) is 86.5 Å². The van der Waals surface area contributed by atoms with Crippen LogP contribution in [0.1, 0.15) is 35.4 Å². The number of rotatable bonds is 7. The number of sulfonamides is 1. The molecular formula is C24H25BrN2O3S2. The van der Waals surface area contributed by atoms with Crippen LogP contribution in [0.5, 0.6) is 0 Å². The Bertz CT molecular complexity index is 1180. The summed E-state index contributed by atoms with van der Waals surface area (Å²) in [6.07, 6.45) is 1.41. The minimum Gasteiger partial charge on any atom is -0.330 e. The molecule has 32 heavy (non-hydrogen) atoms. The van der Waals surface area contributed by atoms with Crippen molar-refractivity contribution >= 4 is 43.2 Å². The van der Waals surface area contributed by atoms with E-state index in [9.17, 15) is 13.2 Å². The third kappa shape index (κ3) is 4.69. The molecule has 0 saturated carbocycles. The average molecular weight is 534 g/mol. The number of halogens is 1. The molecule has 2 heterocycles. The fraction of sp³-hybridized carbons (Fsp3) is 0.292. The number of fused-ring (bicyclic) bond motifs is 1. The lowest BCUT2D eigenvalue weighted by Crippen LogP contribution is -2.46. The van der Waals surface area contributed by atoms with Crippen molar-refractivity contribution in [1.29, 1.82) is 0 Å². The van der Waals surface area contributed by atoms with Crippen molar-refractivity contribution in [2.75, 3.05) is 19.6 Å². The Balaban J connectivity index is 1.64. The summed E-state index contributed by atoms with van der Waals surface area (Å²) >= 11 is 5.06. The van der Waals surface area contributed by atoms with Crippen molar-refractivity contribution in [3.8, 4) is 0 Å². The fourth-order valence-corrected chi connectivity index (χ4v) is 6.76. The van der Waals surface area contributed by atoms with Gasteiger partial charge < -0.3 is 4.90 Å². The third-order valence-corrected chi connectivity index (χ3v) is 9.02. The van der Waals surface area contributed by atoms with Crippen molar-refractivity contribution in [1.82, 2.24) is 9.21 Å². The molecule has 168 valence electrons. The van der Waals surface area contributed by atoms with Crippen molar-refractivity contribution in [2.24, 2.45) is 0 Å². The first kappa shape index (κ1) is 23.2. The molecule has 1 amide bonds. The van der Waals surface area contributed by atoms with Crippen molar-refractivity contribution in [2.45, 2.75) is 30.7 Å². The number of nitrogens with zero attached hydrogens (tertiary/aromatic N) is 2. The average Bonchev–Trinajstić information content (AvgIpc) is 3.28. The Labute approximate surface area is 201 Å². The molecule has 1 unspecified atom stereocenters. The van der Waals surface area contributed by atoms with E-state index in [1.54, 1.807) is 35.6 Å². The SMILES string of the molecule is CCCN(CC(=O)N1CCc2sccc2C1c1ccccc1)S(=O)(=O)c1ccc(Br)cc1. The Morgan fingerprint density at radius 1 is 1.12 bits per heavy atom. The maximum absolute atomic E-state index is 13.5. The Hall–Kier alpha value is -2.00. The van der Waals surface area contributed by atoms with Gasteiger partial charge in [0, 0.05) is 22.4 Å². The molecule has 1 atom stereocenters. The normalized spacial score (nSPS) is 16.2. The number of carbonyl (C=O) groups excluding carboxylic acids is 1. The van der Waals surface area contributed by atoms with Gasteiger partial charge in [0.1, 0.15) is 0 Å². The number of carbonyl (C=O) groups is 1. The minimum atomic E-state index is -3.78. The predicted molar refractivity (Wildman–Crippen MR) is 131 cm³/mol. The van der Waals surface area contributed by atoms with Gasteiger partial charge in [-0.2, -0.15) is 4.31 Å². The summed E-state index contributed by atoms with van der Waals surface area (Å²) in [6, 6.07) is 18.4.